The van der Waals surface area contributed by atoms with Gasteiger partial charge in [0.2, 0.25) is 0 Å². The van der Waals surface area contributed by atoms with Gasteiger partial charge in [0.1, 0.15) is 5.65 Å². The Labute approximate surface area is 290 Å². The van der Waals surface area contributed by atoms with Gasteiger partial charge in [-0.25, -0.2) is 4.98 Å². The number of pyridine rings is 1. The molecule has 0 fully saturated rings. The first-order valence-electron chi connectivity index (χ1n) is 15.6. The third-order valence-corrected chi connectivity index (χ3v) is 8.51. The van der Waals surface area contributed by atoms with Crippen molar-refractivity contribution < 1.29 is 25.8 Å². The minimum atomic E-state index is 0. The first kappa shape index (κ1) is 30.8. The molecule has 8 rings (SSSR count). The number of anilines is 3. The molecule has 2 aromatic heterocycles. The van der Waals surface area contributed by atoms with Crippen LogP contribution in [0.2, 0.25) is 0 Å². The first-order chi connectivity index (χ1) is 22.4. The van der Waals surface area contributed by atoms with Crippen LogP contribution in [0, 0.1) is 18.8 Å². The Bertz CT molecular complexity index is 2160. The van der Waals surface area contributed by atoms with Gasteiger partial charge >= 0.3 is 0 Å². The van der Waals surface area contributed by atoms with Crippen LogP contribution in [0.1, 0.15) is 31.9 Å². The van der Waals surface area contributed by atoms with Crippen molar-refractivity contribution in [2.45, 2.75) is 32.7 Å². The SMILES string of the molecule is CC(C)(C)c1cccc(CN2[CH-]N(c3[c-]c(Oc4[c-]c(-n5c6ccccc6c6cccnc65)ccc4)ccc3)c3ccccc32)c1.[Pt]. The summed E-state index contributed by atoms with van der Waals surface area (Å²) in [6.45, 7) is 9.70. The summed E-state index contributed by atoms with van der Waals surface area (Å²) < 4.78 is 8.54. The fraction of sp³-hybridized carbons (Fsp3) is 0.122. The zero-order chi connectivity index (χ0) is 31.3. The van der Waals surface area contributed by atoms with Crippen molar-refractivity contribution in [3.05, 3.63) is 157 Å². The van der Waals surface area contributed by atoms with E-state index in [9.17, 15) is 0 Å². The largest absolute Gasteiger partial charge is 0.509 e. The van der Waals surface area contributed by atoms with E-state index in [1.54, 1.807) is 0 Å². The Balaban J connectivity index is 0.00000351. The summed E-state index contributed by atoms with van der Waals surface area (Å²) in [5.74, 6) is 1.23. The van der Waals surface area contributed by atoms with E-state index in [-0.39, 0.29) is 26.5 Å². The van der Waals surface area contributed by atoms with Gasteiger partial charge in [0.25, 0.3) is 0 Å². The maximum Gasteiger partial charge on any atom is 0.143 e. The van der Waals surface area contributed by atoms with Gasteiger partial charge in [-0.1, -0.05) is 81.1 Å². The van der Waals surface area contributed by atoms with E-state index in [4.69, 9.17) is 9.72 Å². The molecule has 5 nitrogen and oxygen atoms in total. The maximum atomic E-state index is 6.40. The van der Waals surface area contributed by atoms with Crippen molar-refractivity contribution in [3.63, 3.8) is 0 Å². The Morgan fingerprint density at radius 3 is 2.19 bits per heavy atom. The van der Waals surface area contributed by atoms with Gasteiger partial charge in [0, 0.05) is 67.5 Å². The van der Waals surface area contributed by atoms with Crippen molar-refractivity contribution in [3.8, 4) is 17.2 Å². The number of aromatic nitrogens is 2. The molecule has 1 aliphatic rings. The molecule has 0 N–H and O–H groups in total. The predicted octanol–water partition coefficient (Wildman–Crippen LogP) is 10.1. The van der Waals surface area contributed by atoms with Crippen LogP contribution in [0.4, 0.5) is 17.1 Å². The topological polar surface area (TPSA) is 33.5 Å². The fourth-order valence-corrected chi connectivity index (χ4v) is 6.25. The average Bonchev–Trinajstić information content (AvgIpc) is 3.61. The molecule has 5 aromatic carbocycles. The number of benzene rings is 5. The van der Waals surface area contributed by atoms with E-state index in [2.05, 4.69) is 139 Å². The third-order valence-electron chi connectivity index (χ3n) is 8.51. The fourth-order valence-electron chi connectivity index (χ4n) is 6.25. The number of hydrogen-bond acceptors (Lipinski definition) is 4. The van der Waals surface area contributed by atoms with Crippen molar-refractivity contribution in [1.82, 2.24) is 9.55 Å². The van der Waals surface area contributed by atoms with Gasteiger partial charge in [0.15, 0.2) is 0 Å². The van der Waals surface area contributed by atoms with Crippen molar-refractivity contribution in [2.24, 2.45) is 0 Å². The monoisotopic (exact) mass is 792 g/mol. The van der Waals surface area contributed by atoms with Gasteiger partial charge in [-0.3, -0.25) is 0 Å². The number of ether oxygens (including phenoxy) is 1. The van der Waals surface area contributed by atoms with Gasteiger partial charge in [-0.2, -0.15) is 18.8 Å². The van der Waals surface area contributed by atoms with Crippen LogP contribution < -0.4 is 14.5 Å². The minimum absolute atomic E-state index is 0. The van der Waals surface area contributed by atoms with Crippen LogP contribution in [-0.4, -0.2) is 9.55 Å². The second-order valence-electron chi connectivity index (χ2n) is 12.7. The van der Waals surface area contributed by atoms with E-state index < -0.39 is 0 Å². The van der Waals surface area contributed by atoms with E-state index >= 15 is 0 Å². The Hall–Kier alpha value is -4.86. The minimum Gasteiger partial charge on any atom is -0.509 e. The molecule has 236 valence electrons. The normalized spacial score (nSPS) is 12.7. The molecule has 0 radical (unpaired) electrons. The zero-order valence-corrected chi connectivity index (χ0v) is 28.7. The summed E-state index contributed by atoms with van der Waals surface area (Å²) in [5, 5.41) is 2.27. The number of rotatable bonds is 6. The summed E-state index contributed by atoms with van der Waals surface area (Å²) in [5.41, 5.74) is 8.71. The Morgan fingerprint density at radius 1 is 0.702 bits per heavy atom. The third kappa shape index (κ3) is 5.81. The van der Waals surface area contributed by atoms with Crippen LogP contribution in [-0.2, 0) is 33.0 Å². The molecule has 0 aliphatic carbocycles. The summed E-state index contributed by atoms with van der Waals surface area (Å²) in [6, 6.07) is 48.8. The van der Waals surface area contributed by atoms with Crippen molar-refractivity contribution in [1.29, 1.82) is 0 Å². The molecule has 6 heteroatoms. The number of hydrogen-bond donors (Lipinski definition) is 0. The molecule has 7 aromatic rings. The molecule has 0 amide bonds. The summed E-state index contributed by atoms with van der Waals surface area (Å²) in [4.78, 5) is 9.19. The molecule has 0 bridgehead atoms. The molecule has 1 aliphatic heterocycles. The van der Waals surface area contributed by atoms with Crippen LogP contribution in [0.5, 0.6) is 11.5 Å². The van der Waals surface area contributed by atoms with E-state index in [1.807, 2.05) is 42.6 Å². The molecule has 3 heterocycles. The smallest absolute Gasteiger partial charge is 0.143 e. The van der Waals surface area contributed by atoms with Crippen LogP contribution in [0.15, 0.2) is 128 Å². The van der Waals surface area contributed by atoms with Gasteiger partial charge < -0.3 is 19.1 Å². The van der Waals surface area contributed by atoms with Gasteiger partial charge in [0.05, 0.1) is 5.52 Å². The van der Waals surface area contributed by atoms with E-state index in [1.165, 1.54) is 11.1 Å². The molecule has 0 atom stereocenters. The Morgan fingerprint density at radius 2 is 1.38 bits per heavy atom. The van der Waals surface area contributed by atoms with Crippen LogP contribution in [0.25, 0.3) is 27.6 Å². The van der Waals surface area contributed by atoms with E-state index in [0.29, 0.717) is 11.5 Å². The molecule has 0 saturated heterocycles. The average molecular weight is 793 g/mol. The van der Waals surface area contributed by atoms with Crippen LogP contribution in [0.3, 0.4) is 0 Å². The second kappa shape index (κ2) is 12.4. The Kier molecular flexibility index (Phi) is 8.11. The van der Waals surface area contributed by atoms with Crippen molar-refractivity contribution in [2.75, 3.05) is 9.80 Å². The number of para-hydroxylation sites is 3. The summed E-state index contributed by atoms with van der Waals surface area (Å²) >= 11 is 0. The van der Waals surface area contributed by atoms with Crippen LogP contribution >= 0.6 is 0 Å². The summed E-state index contributed by atoms with van der Waals surface area (Å²) in [6.07, 6.45) is 1.83. The molecule has 0 spiro atoms. The number of fused-ring (bicyclic) bond motifs is 4. The maximum absolute atomic E-state index is 6.40. The van der Waals surface area contributed by atoms with Gasteiger partial charge in [-0.15, -0.1) is 42.1 Å². The standard InChI is InChI=1S/C41H33N4O.Pt/c1-41(2,3)30-13-8-12-29(24-30)27-43-28-44(39-22-7-6-21-38(39)43)31-14-9-16-33(25-31)46-34-17-10-15-32(26-34)45-37-20-5-4-18-35(37)36-19-11-23-42-40(36)45;/h4-24,28H,27H2,1-3H3;/q-3;. The molecular formula is C41H33N4OPt-3. The molecule has 0 unspecified atom stereocenters. The van der Waals surface area contributed by atoms with E-state index in [0.717, 1.165) is 51.2 Å². The quantitative estimate of drug-likeness (QED) is 0.157. The van der Waals surface area contributed by atoms with Gasteiger partial charge in [-0.05, 0) is 46.9 Å². The zero-order valence-electron chi connectivity index (χ0n) is 26.4. The first-order valence-corrected chi connectivity index (χ1v) is 15.6. The summed E-state index contributed by atoms with van der Waals surface area (Å²) in [7, 11) is 0. The second-order valence-corrected chi connectivity index (χ2v) is 12.7. The van der Waals surface area contributed by atoms with Crippen molar-refractivity contribution >= 4 is 39.0 Å². The number of nitrogens with zero attached hydrogens (tertiary/aromatic N) is 4. The molecular weight excluding hydrogens is 760 g/mol. The molecule has 0 saturated carbocycles. The predicted molar refractivity (Wildman–Crippen MR) is 187 cm³/mol. The molecule has 47 heavy (non-hydrogen) atoms.